The molecular formula is C31H36BrN3O4S. The number of nitrogens with one attached hydrogen (secondary N) is 1. The molecule has 1 aliphatic carbocycles. The molecule has 0 saturated heterocycles. The van der Waals surface area contributed by atoms with Crippen LogP contribution in [0.2, 0.25) is 0 Å². The van der Waals surface area contributed by atoms with Gasteiger partial charge in [0.1, 0.15) is 12.6 Å². The number of benzene rings is 3. The van der Waals surface area contributed by atoms with E-state index in [1.54, 1.807) is 37.3 Å². The number of anilines is 1. The SMILES string of the molecule is CCc1ccccc1N(CC(=O)N(Cc1cccc(Br)c1)[C@@H](C)C(=O)NC1CCCC1)S(=O)(=O)c1ccccc1. The third-order valence-corrected chi connectivity index (χ3v) is 9.63. The van der Waals surface area contributed by atoms with Gasteiger partial charge in [-0.1, -0.05) is 84.2 Å². The molecule has 1 aliphatic rings. The van der Waals surface area contributed by atoms with Crippen molar-refractivity contribution in [2.45, 2.75) is 69.5 Å². The van der Waals surface area contributed by atoms with Crippen molar-refractivity contribution in [1.82, 2.24) is 10.2 Å². The maximum Gasteiger partial charge on any atom is 0.264 e. The lowest BCUT2D eigenvalue weighted by Gasteiger charge is -2.33. The molecule has 3 aromatic carbocycles. The molecule has 9 heteroatoms. The summed E-state index contributed by atoms with van der Waals surface area (Å²) >= 11 is 3.48. The van der Waals surface area contributed by atoms with E-state index in [4.69, 9.17) is 0 Å². The Balaban J connectivity index is 1.70. The number of amides is 2. The van der Waals surface area contributed by atoms with Gasteiger partial charge in [0.05, 0.1) is 10.6 Å². The zero-order valence-corrected chi connectivity index (χ0v) is 25.3. The second-order valence-electron chi connectivity index (χ2n) is 10.1. The molecule has 7 nitrogen and oxygen atoms in total. The molecule has 0 bridgehead atoms. The number of sulfonamides is 1. The first-order valence-electron chi connectivity index (χ1n) is 13.7. The van der Waals surface area contributed by atoms with E-state index >= 15 is 0 Å². The Kier molecular flexibility index (Phi) is 10.0. The van der Waals surface area contributed by atoms with E-state index < -0.39 is 28.5 Å². The summed E-state index contributed by atoms with van der Waals surface area (Å²) in [5.41, 5.74) is 2.09. The van der Waals surface area contributed by atoms with Crippen molar-refractivity contribution in [3.63, 3.8) is 0 Å². The second kappa shape index (κ2) is 13.5. The van der Waals surface area contributed by atoms with Crippen molar-refractivity contribution in [3.8, 4) is 0 Å². The van der Waals surface area contributed by atoms with E-state index in [2.05, 4.69) is 21.2 Å². The predicted molar refractivity (Wildman–Crippen MR) is 161 cm³/mol. The zero-order chi connectivity index (χ0) is 28.7. The minimum atomic E-state index is -4.08. The third kappa shape index (κ3) is 7.12. The summed E-state index contributed by atoms with van der Waals surface area (Å²) < 4.78 is 30.0. The van der Waals surface area contributed by atoms with Crippen molar-refractivity contribution in [1.29, 1.82) is 0 Å². The lowest BCUT2D eigenvalue weighted by Crippen LogP contribution is -2.52. The minimum absolute atomic E-state index is 0.0965. The third-order valence-electron chi connectivity index (χ3n) is 7.36. The standard InChI is InChI=1S/C31H36BrN3O4S/c1-3-25-13-7-10-19-29(25)35(40(38,39)28-17-5-4-6-18-28)22-30(36)34(21-24-12-11-14-26(32)20-24)23(2)31(37)33-27-15-8-9-16-27/h4-7,10-14,17-20,23,27H,3,8-9,15-16,21-22H2,1-2H3,(H,33,37)/t23-/m0/s1. The van der Waals surface area contributed by atoms with E-state index in [1.165, 1.54) is 21.3 Å². The van der Waals surface area contributed by atoms with E-state index in [0.29, 0.717) is 12.1 Å². The van der Waals surface area contributed by atoms with Crippen molar-refractivity contribution in [2.24, 2.45) is 0 Å². The molecule has 1 fully saturated rings. The summed E-state index contributed by atoms with van der Waals surface area (Å²) in [6, 6.07) is 22.2. The van der Waals surface area contributed by atoms with Crippen molar-refractivity contribution in [3.05, 3.63) is 94.5 Å². The number of hydrogen-bond acceptors (Lipinski definition) is 4. The van der Waals surface area contributed by atoms with Gasteiger partial charge >= 0.3 is 0 Å². The topological polar surface area (TPSA) is 86.8 Å². The van der Waals surface area contributed by atoms with Crippen molar-refractivity contribution >= 4 is 43.5 Å². The van der Waals surface area contributed by atoms with E-state index in [0.717, 1.165) is 41.3 Å². The Morgan fingerprint density at radius 3 is 2.33 bits per heavy atom. The Morgan fingerprint density at radius 1 is 0.975 bits per heavy atom. The van der Waals surface area contributed by atoms with Crippen LogP contribution >= 0.6 is 15.9 Å². The molecule has 0 radical (unpaired) electrons. The molecule has 4 rings (SSSR count). The van der Waals surface area contributed by atoms with Gasteiger partial charge in [-0.05, 0) is 67.6 Å². The molecule has 3 aromatic rings. The highest BCUT2D eigenvalue weighted by atomic mass is 79.9. The summed E-state index contributed by atoms with van der Waals surface area (Å²) in [5, 5.41) is 3.10. The number of nitrogens with zero attached hydrogens (tertiary/aromatic N) is 2. The average Bonchev–Trinajstić information content (AvgIpc) is 3.47. The number of carbonyl (C=O) groups excluding carboxylic acids is 2. The van der Waals surface area contributed by atoms with Crippen LogP contribution in [-0.2, 0) is 32.6 Å². The maximum atomic E-state index is 14.1. The van der Waals surface area contributed by atoms with E-state index in [-0.39, 0.29) is 23.4 Å². The highest BCUT2D eigenvalue weighted by Gasteiger charge is 2.34. The second-order valence-corrected chi connectivity index (χ2v) is 12.9. The zero-order valence-electron chi connectivity index (χ0n) is 22.9. The molecule has 40 heavy (non-hydrogen) atoms. The van der Waals surface area contributed by atoms with Gasteiger partial charge in [-0.25, -0.2) is 8.42 Å². The van der Waals surface area contributed by atoms with Crippen LogP contribution in [0, 0.1) is 0 Å². The van der Waals surface area contributed by atoms with E-state index in [1.807, 2.05) is 43.3 Å². The predicted octanol–water partition coefficient (Wildman–Crippen LogP) is 5.68. The average molecular weight is 627 g/mol. The highest BCUT2D eigenvalue weighted by molar-refractivity contribution is 9.10. The summed E-state index contributed by atoms with van der Waals surface area (Å²) in [5.74, 6) is -0.693. The van der Waals surface area contributed by atoms with Crippen LogP contribution in [0.4, 0.5) is 5.69 Å². The van der Waals surface area contributed by atoms with Gasteiger partial charge in [-0.15, -0.1) is 0 Å². The molecule has 0 unspecified atom stereocenters. The lowest BCUT2D eigenvalue weighted by atomic mass is 10.1. The molecule has 0 spiro atoms. The molecule has 0 heterocycles. The molecule has 0 aromatic heterocycles. The van der Waals surface area contributed by atoms with Gasteiger partial charge in [0.15, 0.2) is 0 Å². The fourth-order valence-electron chi connectivity index (χ4n) is 5.09. The smallest absolute Gasteiger partial charge is 0.264 e. The normalized spacial score (nSPS) is 14.5. The first kappa shape index (κ1) is 29.8. The molecule has 1 atom stereocenters. The van der Waals surface area contributed by atoms with Crippen molar-refractivity contribution < 1.29 is 18.0 Å². The fourth-order valence-corrected chi connectivity index (χ4v) is 7.01. The maximum absolute atomic E-state index is 14.1. The summed E-state index contributed by atoms with van der Waals surface area (Å²) in [6.07, 6.45) is 4.59. The molecule has 1 N–H and O–H groups in total. The summed E-state index contributed by atoms with van der Waals surface area (Å²) in [4.78, 5) is 29.0. The Bertz CT molecular complexity index is 1430. The van der Waals surface area contributed by atoms with Crippen LogP contribution in [-0.4, -0.2) is 43.8 Å². The van der Waals surface area contributed by atoms with Crippen molar-refractivity contribution in [2.75, 3.05) is 10.8 Å². The monoisotopic (exact) mass is 625 g/mol. The first-order valence-corrected chi connectivity index (χ1v) is 15.9. The van der Waals surface area contributed by atoms with Gasteiger partial charge < -0.3 is 10.2 Å². The molecule has 1 saturated carbocycles. The van der Waals surface area contributed by atoms with Crippen LogP contribution in [0.5, 0.6) is 0 Å². The number of rotatable bonds is 11. The summed E-state index contributed by atoms with van der Waals surface area (Å²) in [7, 11) is -4.08. The van der Waals surface area contributed by atoms with Crippen LogP contribution in [0.25, 0.3) is 0 Å². The van der Waals surface area contributed by atoms with Gasteiger partial charge in [0.25, 0.3) is 10.0 Å². The van der Waals surface area contributed by atoms with Crippen LogP contribution in [0.3, 0.4) is 0 Å². The molecule has 2 amide bonds. The Morgan fingerprint density at radius 2 is 1.65 bits per heavy atom. The number of carbonyl (C=O) groups is 2. The first-order chi connectivity index (χ1) is 19.2. The van der Waals surface area contributed by atoms with E-state index in [9.17, 15) is 18.0 Å². The number of hydrogen-bond donors (Lipinski definition) is 1. The number of para-hydroxylation sites is 1. The van der Waals surface area contributed by atoms with Crippen LogP contribution in [0.15, 0.2) is 88.2 Å². The largest absolute Gasteiger partial charge is 0.352 e. The van der Waals surface area contributed by atoms with Gasteiger partial charge in [-0.3, -0.25) is 13.9 Å². The molecular weight excluding hydrogens is 590 g/mol. The molecule has 0 aliphatic heterocycles. The number of halogens is 1. The minimum Gasteiger partial charge on any atom is -0.352 e. The fraction of sp³-hybridized carbons (Fsp3) is 0.355. The highest BCUT2D eigenvalue weighted by Crippen LogP contribution is 2.28. The van der Waals surface area contributed by atoms with Gasteiger partial charge in [-0.2, -0.15) is 0 Å². The lowest BCUT2D eigenvalue weighted by molar-refractivity contribution is -0.139. The molecule has 212 valence electrons. The number of aryl methyl sites for hydroxylation is 1. The Hall–Kier alpha value is -3.17. The van der Waals surface area contributed by atoms with Crippen LogP contribution < -0.4 is 9.62 Å². The van der Waals surface area contributed by atoms with Gasteiger partial charge in [0.2, 0.25) is 11.8 Å². The van der Waals surface area contributed by atoms with Gasteiger partial charge in [0, 0.05) is 17.1 Å². The van der Waals surface area contributed by atoms with Crippen LogP contribution in [0.1, 0.15) is 50.7 Å². The Labute approximate surface area is 245 Å². The quantitative estimate of drug-likeness (QED) is 0.297. The summed E-state index contributed by atoms with van der Waals surface area (Å²) in [6.45, 7) is 3.37.